The first-order chi connectivity index (χ1) is 18.7. The number of halogens is 2. The number of hydrogen-bond donors (Lipinski definition) is 1. The fourth-order valence-corrected chi connectivity index (χ4v) is 4.30. The average Bonchev–Trinajstić information content (AvgIpc) is 3.56. The first-order valence-electron chi connectivity index (χ1n) is 12.7. The second-order valence-corrected chi connectivity index (χ2v) is 10.3. The van der Waals surface area contributed by atoms with Gasteiger partial charge in [0, 0.05) is 30.8 Å². The molecule has 1 saturated heterocycles. The number of hydrogen-bond acceptors (Lipinski definition) is 8. The van der Waals surface area contributed by atoms with Crippen molar-refractivity contribution in [3.8, 4) is 22.9 Å². The fourth-order valence-electron chi connectivity index (χ4n) is 4.30. The van der Waals surface area contributed by atoms with Crippen LogP contribution in [0.15, 0.2) is 53.4 Å². The van der Waals surface area contributed by atoms with Crippen molar-refractivity contribution in [2.75, 3.05) is 18.4 Å². The zero-order valence-corrected chi connectivity index (χ0v) is 21.9. The maximum atomic E-state index is 14.7. The molecule has 1 fully saturated rings. The number of amides is 1. The molecule has 0 spiro atoms. The average molecular weight is 538 g/mol. The van der Waals surface area contributed by atoms with E-state index >= 15 is 0 Å². The minimum absolute atomic E-state index is 0.0438. The van der Waals surface area contributed by atoms with Crippen LogP contribution < -0.4 is 5.32 Å². The van der Waals surface area contributed by atoms with E-state index in [2.05, 4.69) is 25.5 Å². The van der Waals surface area contributed by atoms with Crippen LogP contribution in [0.1, 0.15) is 39.2 Å². The van der Waals surface area contributed by atoms with E-state index in [-0.39, 0.29) is 36.1 Å². The molecular weight excluding hydrogens is 508 g/mol. The predicted octanol–water partition coefficient (Wildman–Crippen LogP) is 5.13. The normalized spacial score (nSPS) is 14.4. The third-order valence-corrected chi connectivity index (χ3v) is 6.22. The number of carbonyl (C=O) groups is 1. The molecule has 12 heteroatoms. The molecule has 10 nitrogen and oxygen atoms in total. The molecule has 5 rings (SSSR count). The highest BCUT2D eigenvalue weighted by molar-refractivity contribution is 5.68. The summed E-state index contributed by atoms with van der Waals surface area (Å²) >= 11 is 0. The summed E-state index contributed by atoms with van der Waals surface area (Å²) in [5, 5.41) is 11.7. The van der Waals surface area contributed by atoms with E-state index in [1.54, 1.807) is 39.9 Å². The smallest absolute Gasteiger partial charge is 0.410 e. The lowest BCUT2D eigenvalue weighted by molar-refractivity contribution is 0.0210. The topological polar surface area (TPSA) is 111 Å². The van der Waals surface area contributed by atoms with Gasteiger partial charge in [0.2, 0.25) is 0 Å². The number of carbonyl (C=O) groups excluding carboxylic acids is 1. The molecule has 1 aliphatic heterocycles. The predicted molar refractivity (Wildman–Crippen MR) is 139 cm³/mol. The van der Waals surface area contributed by atoms with Crippen LogP contribution in [-0.2, 0) is 11.3 Å². The number of nitrogens with one attached hydrogen (secondary N) is 1. The molecule has 1 aliphatic rings. The van der Waals surface area contributed by atoms with E-state index < -0.39 is 11.4 Å². The number of anilines is 1. The van der Waals surface area contributed by atoms with Crippen LogP contribution in [-0.4, -0.2) is 60.6 Å². The summed E-state index contributed by atoms with van der Waals surface area (Å²) in [4.78, 5) is 22.5. The van der Waals surface area contributed by atoms with E-state index in [4.69, 9.17) is 9.26 Å². The molecule has 39 heavy (non-hydrogen) atoms. The van der Waals surface area contributed by atoms with E-state index in [0.717, 1.165) is 6.20 Å². The van der Waals surface area contributed by atoms with Gasteiger partial charge >= 0.3 is 6.09 Å². The summed E-state index contributed by atoms with van der Waals surface area (Å²) in [6.45, 7) is 6.57. The molecule has 4 heterocycles. The van der Waals surface area contributed by atoms with Crippen LogP contribution in [0.5, 0.6) is 0 Å². The molecule has 3 aromatic heterocycles. The van der Waals surface area contributed by atoms with Crippen LogP contribution >= 0.6 is 0 Å². The van der Waals surface area contributed by atoms with Crippen LogP contribution in [0.25, 0.3) is 22.9 Å². The maximum absolute atomic E-state index is 14.7. The maximum Gasteiger partial charge on any atom is 0.410 e. The number of benzene rings is 1. The Balaban J connectivity index is 1.34. The molecule has 204 valence electrons. The second-order valence-electron chi connectivity index (χ2n) is 10.3. The summed E-state index contributed by atoms with van der Waals surface area (Å²) < 4.78 is 41.1. The highest BCUT2D eigenvalue weighted by Gasteiger charge is 2.28. The monoisotopic (exact) mass is 537 g/mol. The van der Waals surface area contributed by atoms with Gasteiger partial charge < -0.3 is 19.5 Å². The number of piperidine rings is 1. The Morgan fingerprint density at radius 3 is 2.59 bits per heavy atom. The zero-order valence-electron chi connectivity index (χ0n) is 21.9. The first-order valence-corrected chi connectivity index (χ1v) is 12.7. The quantitative estimate of drug-likeness (QED) is 0.360. The molecule has 0 aliphatic carbocycles. The molecule has 0 saturated carbocycles. The highest BCUT2D eigenvalue weighted by Crippen LogP contribution is 2.27. The minimum atomic E-state index is -0.601. The van der Waals surface area contributed by atoms with Gasteiger partial charge in [-0.15, -0.1) is 0 Å². The van der Waals surface area contributed by atoms with Crippen LogP contribution in [0.2, 0.25) is 0 Å². The molecule has 0 bridgehead atoms. The minimum Gasteiger partial charge on any atom is -0.444 e. The van der Waals surface area contributed by atoms with Gasteiger partial charge in [0.05, 0.1) is 18.4 Å². The Bertz CT molecular complexity index is 1440. The third-order valence-electron chi connectivity index (χ3n) is 6.22. The van der Waals surface area contributed by atoms with Gasteiger partial charge in [-0.1, -0.05) is 23.4 Å². The highest BCUT2D eigenvalue weighted by atomic mass is 19.1. The van der Waals surface area contributed by atoms with Gasteiger partial charge in [-0.05, 0) is 45.7 Å². The van der Waals surface area contributed by atoms with E-state index in [1.165, 1.54) is 12.3 Å². The summed E-state index contributed by atoms with van der Waals surface area (Å²) in [7, 11) is 0. The summed E-state index contributed by atoms with van der Waals surface area (Å²) in [6.07, 6.45) is 3.37. The van der Waals surface area contributed by atoms with E-state index in [9.17, 15) is 13.6 Å². The Morgan fingerprint density at radius 1 is 1.13 bits per heavy atom. The Hall–Kier alpha value is -4.35. The molecule has 0 unspecified atom stereocenters. The number of nitrogens with zero attached hydrogens (tertiary/aromatic N) is 6. The lowest BCUT2D eigenvalue weighted by Gasteiger charge is -2.33. The van der Waals surface area contributed by atoms with Gasteiger partial charge in [-0.25, -0.2) is 23.5 Å². The second kappa shape index (κ2) is 10.8. The zero-order chi connectivity index (χ0) is 27.6. The lowest BCUT2D eigenvalue weighted by atomic mass is 10.1. The number of ether oxygens (including phenoxy) is 1. The number of likely N-dealkylation sites (tertiary alicyclic amines) is 1. The number of aromatic nitrogens is 5. The van der Waals surface area contributed by atoms with Crippen molar-refractivity contribution in [1.82, 2.24) is 29.8 Å². The van der Waals surface area contributed by atoms with Crippen molar-refractivity contribution in [1.29, 1.82) is 0 Å². The summed E-state index contributed by atoms with van der Waals surface area (Å²) in [5.41, 5.74) is 1.31. The van der Waals surface area contributed by atoms with E-state index in [1.807, 2.05) is 20.8 Å². The molecule has 1 amide bonds. The largest absolute Gasteiger partial charge is 0.444 e. The summed E-state index contributed by atoms with van der Waals surface area (Å²) in [6, 6.07) is 9.70. The van der Waals surface area contributed by atoms with Gasteiger partial charge in [0.25, 0.3) is 0 Å². The van der Waals surface area contributed by atoms with Gasteiger partial charge in [0.15, 0.2) is 17.5 Å². The van der Waals surface area contributed by atoms with Crippen molar-refractivity contribution >= 4 is 11.9 Å². The van der Waals surface area contributed by atoms with Crippen LogP contribution in [0, 0.1) is 11.6 Å². The number of rotatable bonds is 6. The Morgan fingerprint density at radius 2 is 1.90 bits per heavy atom. The van der Waals surface area contributed by atoms with E-state index in [0.29, 0.717) is 48.6 Å². The standard InChI is InChI=1S/C27H29F2N7O3/c1-27(2,3)39-26(37)35-11-8-18(9-12-35)31-24-20(29)15-30-25(32-24)22-14-23(21-10-13-38-34-21)36(33-22)16-17-6-4-5-7-19(17)28/h4-7,10,13-15,18H,8-9,11-12,16H2,1-3H3,(H,30,31,32). The van der Waals surface area contributed by atoms with Crippen molar-refractivity contribution in [2.45, 2.75) is 51.8 Å². The van der Waals surface area contributed by atoms with Crippen LogP contribution in [0.4, 0.5) is 19.4 Å². The molecule has 1 N–H and O–H groups in total. The van der Waals surface area contributed by atoms with Gasteiger partial charge in [-0.3, -0.25) is 4.68 Å². The van der Waals surface area contributed by atoms with Crippen LogP contribution in [0.3, 0.4) is 0 Å². The van der Waals surface area contributed by atoms with Crippen molar-refractivity contribution in [3.05, 3.63) is 66.1 Å². The summed E-state index contributed by atoms with van der Waals surface area (Å²) in [5.74, 6) is -0.719. The molecule has 4 aromatic rings. The molecule has 0 radical (unpaired) electrons. The Kier molecular flexibility index (Phi) is 7.27. The van der Waals surface area contributed by atoms with Gasteiger partial charge in [-0.2, -0.15) is 5.10 Å². The SMILES string of the molecule is CC(C)(C)OC(=O)N1CCC(Nc2nc(-c3cc(-c4ccon4)n(Cc4ccccc4F)n3)ncc2F)CC1. The van der Waals surface area contributed by atoms with Crippen molar-refractivity contribution < 1.29 is 22.8 Å². The fraction of sp³-hybridized carbons (Fsp3) is 0.370. The van der Waals surface area contributed by atoms with Crippen molar-refractivity contribution in [3.63, 3.8) is 0 Å². The first kappa shape index (κ1) is 26.3. The lowest BCUT2D eigenvalue weighted by Crippen LogP contribution is -2.44. The van der Waals surface area contributed by atoms with Crippen molar-refractivity contribution in [2.24, 2.45) is 0 Å². The van der Waals surface area contributed by atoms with Gasteiger partial charge in [0.1, 0.15) is 29.1 Å². The molecule has 0 atom stereocenters. The Labute approximate surface area is 224 Å². The third kappa shape index (κ3) is 6.21. The molecule has 1 aromatic carbocycles. The molecular formula is C27H29F2N7O3.